The molecule has 1 aromatic carbocycles. The van der Waals surface area contributed by atoms with Gasteiger partial charge in [0.25, 0.3) is 10.2 Å². The van der Waals surface area contributed by atoms with Crippen molar-refractivity contribution in [2.75, 3.05) is 20.2 Å². The zero-order chi connectivity index (χ0) is 24.9. The standard InChI is InChI=1S/C23H33FN4O5S/c1-16-13-21(26-34(31,32)27(2)12-4-11-25)22(28(16)23(29)30)15-33-20-9-7-17(8-10-20)18-5-3-6-19(24)14-18/h3,5-6,14,16-17,20-22,26H,4,7-10,12-13,15H2,1-2H3,(H,29,30)/t16-,17-,20+,21+,22+/m1/s1. The van der Waals surface area contributed by atoms with E-state index < -0.39 is 28.4 Å². The Bertz CT molecular complexity index is 993. The van der Waals surface area contributed by atoms with Crippen molar-refractivity contribution in [3.8, 4) is 6.07 Å². The Morgan fingerprint density at radius 1 is 1.35 bits per heavy atom. The molecule has 1 aliphatic carbocycles. The third kappa shape index (κ3) is 6.44. The highest BCUT2D eigenvalue weighted by atomic mass is 32.2. The van der Waals surface area contributed by atoms with Gasteiger partial charge in [-0.2, -0.15) is 22.7 Å². The number of rotatable bonds is 9. The number of nitrogens with one attached hydrogen (secondary N) is 1. The number of benzene rings is 1. The fraction of sp³-hybridized carbons (Fsp3) is 0.652. The zero-order valence-corrected chi connectivity index (χ0v) is 20.4. The third-order valence-corrected chi connectivity index (χ3v) is 8.46. The van der Waals surface area contributed by atoms with Gasteiger partial charge in [-0.05, 0) is 62.6 Å². The smallest absolute Gasteiger partial charge is 0.407 e. The highest BCUT2D eigenvalue weighted by Gasteiger charge is 2.44. The van der Waals surface area contributed by atoms with Crippen molar-refractivity contribution >= 4 is 16.3 Å². The first kappa shape index (κ1) is 26.3. The average molecular weight is 497 g/mol. The quantitative estimate of drug-likeness (QED) is 0.542. The van der Waals surface area contributed by atoms with E-state index >= 15 is 0 Å². The van der Waals surface area contributed by atoms with Crippen molar-refractivity contribution < 1.29 is 27.4 Å². The molecule has 2 aliphatic rings. The number of likely N-dealkylation sites (tertiary alicyclic amines) is 1. The van der Waals surface area contributed by atoms with Crippen LogP contribution >= 0.6 is 0 Å². The summed E-state index contributed by atoms with van der Waals surface area (Å²) in [5, 5.41) is 18.5. The first-order chi connectivity index (χ1) is 16.1. The molecular weight excluding hydrogens is 463 g/mol. The van der Waals surface area contributed by atoms with Crippen molar-refractivity contribution in [1.29, 1.82) is 5.26 Å². The number of carbonyl (C=O) groups is 1. The number of amides is 1. The van der Waals surface area contributed by atoms with Gasteiger partial charge in [0, 0.05) is 32.1 Å². The summed E-state index contributed by atoms with van der Waals surface area (Å²) in [5.41, 5.74) is 0.982. The third-order valence-electron chi connectivity index (χ3n) is 6.86. The van der Waals surface area contributed by atoms with Crippen molar-refractivity contribution in [2.24, 2.45) is 0 Å². The second kappa shape index (κ2) is 11.4. The molecule has 3 rings (SSSR count). The molecular formula is C23H33FN4O5S. The van der Waals surface area contributed by atoms with Crippen LogP contribution in [0, 0.1) is 17.1 Å². The van der Waals surface area contributed by atoms with E-state index in [1.54, 1.807) is 19.1 Å². The fourth-order valence-corrected chi connectivity index (χ4v) is 6.13. The van der Waals surface area contributed by atoms with Gasteiger partial charge in [0.05, 0.1) is 24.8 Å². The van der Waals surface area contributed by atoms with E-state index in [2.05, 4.69) is 4.72 Å². The number of carboxylic acid groups (broad SMARTS) is 1. The molecule has 0 aromatic heterocycles. The molecule has 188 valence electrons. The Kier molecular flexibility index (Phi) is 8.87. The molecule has 1 amide bonds. The maximum Gasteiger partial charge on any atom is 0.407 e. The van der Waals surface area contributed by atoms with Gasteiger partial charge < -0.3 is 9.84 Å². The number of nitriles is 1. The molecule has 0 bridgehead atoms. The first-order valence-electron chi connectivity index (χ1n) is 11.6. The predicted octanol–water partition coefficient (Wildman–Crippen LogP) is 3.06. The molecule has 1 heterocycles. The minimum Gasteiger partial charge on any atom is -0.465 e. The summed E-state index contributed by atoms with van der Waals surface area (Å²) < 4.78 is 48.7. The van der Waals surface area contributed by atoms with E-state index in [0.29, 0.717) is 6.42 Å². The maximum atomic E-state index is 13.5. The van der Waals surface area contributed by atoms with E-state index in [1.165, 1.54) is 18.0 Å². The van der Waals surface area contributed by atoms with Crippen molar-refractivity contribution in [2.45, 2.75) is 75.6 Å². The largest absolute Gasteiger partial charge is 0.465 e. The molecule has 2 N–H and O–H groups in total. The lowest BCUT2D eigenvalue weighted by molar-refractivity contribution is -0.00709. The van der Waals surface area contributed by atoms with Crippen molar-refractivity contribution in [3.63, 3.8) is 0 Å². The van der Waals surface area contributed by atoms with Crippen molar-refractivity contribution in [1.82, 2.24) is 13.9 Å². The van der Waals surface area contributed by atoms with Gasteiger partial charge in [-0.1, -0.05) is 12.1 Å². The highest BCUT2D eigenvalue weighted by molar-refractivity contribution is 7.87. The molecule has 3 atom stereocenters. The van der Waals surface area contributed by atoms with Crippen LogP contribution in [0.15, 0.2) is 24.3 Å². The second-order valence-corrected chi connectivity index (χ2v) is 11.0. The molecule has 1 saturated carbocycles. The monoisotopic (exact) mass is 496 g/mol. The summed E-state index contributed by atoms with van der Waals surface area (Å²) in [5.74, 6) is 0.0211. The van der Waals surface area contributed by atoms with Crippen LogP contribution in [0.1, 0.15) is 56.9 Å². The molecule has 34 heavy (non-hydrogen) atoms. The van der Waals surface area contributed by atoms with Crippen LogP contribution in [0.3, 0.4) is 0 Å². The lowest BCUT2D eigenvalue weighted by Crippen LogP contribution is -2.52. The minimum absolute atomic E-state index is 0.0481. The molecule has 0 unspecified atom stereocenters. The van der Waals surface area contributed by atoms with Crippen LogP contribution in [0.25, 0.3) is 0 Å². The van der Waals surface area contributed by atoms with Gasteiger partial charge in [0.1, 0.15) is 5.82 Å². The van der Waals surface area contributed by atoms with Crippen LogP contribution in [-0.2, 0) is 14.9 Å². The Balaban J connectivity index is 1.61. The Morgan fingerprint density at radius 3 is 2.68 bits per heavy atom. The number of hydrogen-bond acceptors (Lipinski definition) is 5. The number of hydrogen-bond donors (Lipinski definition) is 2. The van der Waals surface area contributed by atoms with E-state index in [-0.39, 0.29) is 43.5 Å². The van der Waals surface area contributed by atoms with Gasteiger partial charge in [-0.25, -0.2) is 9.18 Å². The van der Waals surface area contributed by atoms with Gasteiger partial charge in [0.2, 0.25) is 0 Å². The normalized spacial score (nSPS) is 27.6. The first-order valence-corrected chi connectivity index (χ1v) is 13.0. The van der Waals surface area contributed by atoms with E-state index in [9.17, 15) is 22.7 Å². The van der Waals surface area contributed by atoms with Gasteiger partial charge in [-0.3, -0.25) is 4.90 Å². The van der Waals surface area contributed by atoms with Crippen LogP contribution in [0.5, 0.6) is 0 Å². The van der Waals surface area contributed by atoms with E-state index in [0.717, 1.165) is 35.6 Å². The molecule has 0 spiro atoms. The molecule has 1 aliphatic heterocycles. The van der Waals surface area contributed by atoms with Gasteiger partial charge in [0.15, 0.2) is 0 Å². The number of halogens is 1. The summed E-state index contributed by atoms with van der Waals surface area (Å²) in [4.78, 5) is 13.2. The average Bonchev–Trinajstić information content (AvgIpc) is 3.10. The number of ether oxygens (including phenoxy) is 1. The van der Waals surface area contributed by atoms with Gasteiger partial charge in [-0.15, -0.1) is 0 Å². The van der Waals surface area contributed by atoms with Crippen LogP contribution < -0.4 is 4.72 Å². The Labute approximate surface area is 200 Å². The van der Waals surface area contributed by atoms with Crippen molar-refractivity contribution in [3.05, 3.63) is 35.6 Å². The molecule has 1 saturated heterocycles. The Morgan fingerprint density at radius 2 is 2.06 bits per heavy atom. The topological polar surface area (TPSA) is 123 Å². The molecule has 9 nitrogen and oxygen atoms in total. The predicted molar refractivity (Wildman–Crippen MR) is 124 cm³/mol. The fourth-order valence-electron chi connectivity index (χ4n) is 4.98. The summed E-state index contributed by atoms with van der Waals surface area (Å²) in [7, 11) is -2.50. The second-order valence-electron chi connectivity index (χ2n) is 9.16. The zero-order valence-electron chi connectivity index (χ0n) is 19.6. The highest BCUT2D eigenvalue weighted by Crippen LogP contribution is 2.35. The summed E-state index contributed by atoms with van der Waals surface area (Å²) >= 11 is 0. The van der Waals surface area contributed by atoms with Gasteiger partial charge >= 0.3 is 6.09 Å². The van der Waals surface area contributed by atoms with Crippen LogP contribution in [-0.4, -0.2) is 73.3 Å². The van der Waals surface area contributed by atoms with Crippen LogP contribution in [0.2, 0.25) is 0 Å². The summed E-state index contributed by atoms with van der Waals surface area (Å²) in [6.45, 7) is 1.88. The molecule has 0 radical (unpaired) electrons. The molecule has 11 heteroatoms. The Hall–Kier alpha value is -2.26. The minimum atomic E-state index is -3.88. The SMILES string of the molecule is C[C@@H]1C[C@H](NS(=O)(=O)N(C)CCC#N)[C@H](CO[C@H]2CC[C@@H](c3cccc(F)c3)CC2)N1C(=O)O. The van der Waals surface area contributed by atoms with Crippen LogP contribution in [0.4, 0.5) is 9.18 Å². The maximum absolute atomic E-state index is 13.5. The summed E-state index contributed by atoms with van der Waals surface area (Å²) in [6.07, 6.45) is 2.44. The molecule has 1 aromatic rings. The van der Waals surface area contributed by atoms with E-state index in [4.69, 9.17) is 10.00 Å². The van der Waals surface area contributed by atoms with E-state index in [1.807, 2.05) is 12.1 Å². The number of nitrogens with zero attached hydrogens (tertiary/aromatic N) is 3. The summed E-state index contributed by atoms with van der Waals surface area (Å²) in [6, 6.07) is 6.91. The lowest BCUT2D eigenvalue weighted by atomic mass is 9.82. The lowest BCUT2D eigenvalue weighted by Gasteiger charge is -2.33. The molecule has 2 fully saturated rings.